The summed E-state index contributed by atoms with van der Waals surface area (Å²) in [5.74, 6) is -0.749. The molecule has 0 aliphatic heterocycles. The number of aliphatic hydroxyl groups excluding tert-OH is 1. The van der Waals surface area contributed by atoms with Gasteiger partial charge in [-0.1, -0.05) is 72.6 Å². The van der Waals surface area contributed by atoms with Gasteiger partial charge >= 0.3 is 23.9 Å². The third-order valence-electron chi connectivity index (χ3n) is 10.2. The van der Waals surface area contributed by atoms with Crippen LogP contribution in [0.2, 0.25) is 0 Å². The van der Waals surface area contributed by atoms with Gasteiger partial charge in [-0.15, -0.1) is 0 Å². The molecular formula is C42H78N2O9. The molecule has 0 radical (unpaired) electrons. The summed E-state index contributed by atoms with van der Waals surface area (Å²) in [5.41, 5.74) is 0. The molecule has 11 heteroatoms. The molecule has 0 saturated heterocycles. The largest absolute Gasteiger partial charge is 0.465 e. The van der Waals surface area contributed by atoms with Gasteiger partial charge in [-0.05, 0) is 77.3 Å². The second kappa shape index (κ2) is 33.1. The van der Waals surface area contributed by atoms with E-state index in [1.807, 2.05) is 13.8 Å². The number of esters is 4. The minimum absolute atomic E-state index is 0.00386. The predicted octanol–water partition coefficient (Wildman–Crippen LogP) is 7.64. The van der Waals surface area contributed by atoms with Crippen molar-refractivity contribution in [1.29, 1.82) is 0 Å². The molecule has 11 nitrogen and oxygen atoms in total. The van der Waals surface area contributed by atoms with Crippen molar-refractivity contribution < 1.29 is 43.2 Å². The molecule has 0 spiro atoms. The van der Waals surface area contributed by atoms with Crippen LogP contribution in [0.4, 0.5) is 0 Å². The summed E-state index contributed by atoms with van der Waals surface area (Å²) >= 11 is 0. The van der Waals surface area contributed by atoms with Gasteiger partial charge in [0.25, 0.3) is 0 Å². The van der Waals surface area contributed by atoms with Crippen molar-refractivity contribution in [1.82, 2.24) is 9.80 Å². The smallest absolute Gasteiger partial charge is 0.305 e. The van der Waals surface area contributed by atoms with Gasteiger partial charge in [-0.2, -0.15) is 0 Å². The average molecular weight is 755 g/mol. The van der Waals surface area contributed by atoms with E-state index < -0.39 is 0 Å². The first kappa shape index (κ1) is 48.8. The quantitative estimate of drug-likeness (QED) is 0.0385. The van der Waals surface area contributed by atoms with Crippen LogP contribution >= 0.6 is 0 Å². The van der Waals surface area contributed by atoms with E-state index in [9.17, 15) is 24.3 Å². The monoisotopic (exact) mass is 755 g/mol. The third kappa shape index (κ3) is 26.2. The molecule has 1 rings (SSSR count). The van der Waals surface area contributed by atoms with Crippen LogP contribution in [-0.2, 0) is 38.1 Å². The highest BCUT2D eigenvalue weighted by Gasteiger charge is 2.25. The zero-order valence-electron chi connectivity index (χ0n) is 34.3. The van der Waals surface area contributed by atoms with Gasteiger partial charge in [0, 0.05) is 63.2 Å². The summed E-state index contributed by atoms with van der Waals surface area (Å²) in [7, 11) is 0. The Morgan fingerprint density at radius 2 is 0.925 bits per heavy atom. The Hall–Kier alpha value is -2.24. The summed E-state index contributed by atoms with van der Waals surface area (Å²) < 4.78 is 22.2. The minimum atomic E-state index is -0.189. The van der Waals surface area contributed by atoms with Gasteiger partial charge in [0.2, 0.25) is 0 Å². The normalized spacial score (nSPS) is 13.2. The highest BCUT2D eigenvalue weighted by atomic mass is 16.6. The first-order chi connectivity index (χ1) is 25.8. The molecule has 0 aromatic rings. The van der Waals surface area contributed by atoms with E-state index in [0.717, 1.165) is 116 Å². The molecule has 0 heterocycles. The molecule has 0 aromatic carbocycles. The Labute approximate surface area is 322 Å². The topological polar surface area (TPSA) is 132 Å². The number of aliphatic hydroxyl groups is 1. The fraction of sp³-hybridized carbons (Fsp3) is 0.905. The molecular weight excluding hydrogens is 676 g/mol. The number of carbonyl (C=O) groups excluding carboxylic acids is 4. The Kier molecular flexibility index (Phi) is 30.5. The Bertz CT molecular complexity index is 898. The molecule has 1 fully saturated rings. The van der Waals surface area contributed by atoms with Crippen LogP contribution in [0.5, 0.6) is 0 Å². The van der Waals surface area contributed by atoms with Crippen molar-refractivity contribution in [3.63, 3.8) is 0 Å². The Morgan fingerprint density at radius 3 is 1.26 bits per heavy atom. The standard InChI is InChI=1S/C42H78N2O9/c1-5-9-22-39(46)50-32-36(33-51-40(47)23-10-6-2)18-13-15-26-43(30-31-45)28-29-44(38-20-17-21-38)27-16-14-19-37(34-52-41(48)24-11-7-3)35-53-42(49)25-12-8-4/h36-38,45H,5-35H2,1-4H3. The number of unbranched alkanes of at least 4 members (excludes halogenated alkanes) is 6. The zero-order valence-corrected chi connectivity index (χ0v) is 34.3. The van der Waals surface area contributed by atoms with E-state index >= 15 is 0 Å². The SMILES string of the molecule is CCCCC(=O)OCC(CCCCN(CCO)CCN(CCCCC(COC(=O)CCCC)COC(=O)CCCC)C1CCC1)COC(=O)CCCC. The highest BCUT2D eigenvalue weighted by Crippen LogP contribution is 2.25. The lowest BCUT2D eigenvalue weighted by Gasteiger charge is -2.39. The fourth-order valence-electron chi connectivity index (χ4n) is 6.34. The molecule has 0 unspecified atom stereocenters. The molecule has 1 N–H and O–H groups in total. The number of nitrogens with zero attached hydrogens (tertiary/aromatic N) is 2. The van der Waals surface area contributed by atoms with E-state index in [4.69, 9.17) is 18.9 Å². The maximum absolute atomic E-state index is 12.2. The molecule has 0 bridgehead atoms. The lowest BCUT2D eigenvalue weighted by atomic mass is 9.91. The summed E-state index contributed by atoms with van der Waals surface area (Å²) in [4.78, 5) is 53.6. The number of ether oxygens (including phenoxy) is 4. The first-order valence-electron chi connectivity index (χ1n) is 21.5. The van der Waals surface area contributed by atoms with Gasteiger partial charge in [0.15, 0.2) is 0 Å². The summed E-state index contributed by atoms with van der Waals surface area (Å²) in [6, 6.07) is 0.599. The van der Waals surface area contributed by atoms with Gasteiger partial charge in [-0.25, -0.2) is 0 Å². The van der Waals surface area contributed by atoms with Gasteiger partial charge in [0.1, 0.15) is 0 Å². The molecule has 310 valence electrons. The molecule has 0 atom stereocenters. The van der Waals surface area contributed by atoms with Gasteiger partial charge < -0.3 is 24.1 Å². The Balaban J connectivity index is 2.61. The van der Waals surface area contributed by atoms with Crippen LogP contribution in [0.1, 0.15) is 163 Å². The van der Waals surface area contributed by atoms with E-state index in [1.165, 1.54) is 19.3 Å². The molecule has 0 amide bonds. The van der Waals surface area contributed by atoms with E-state index in [0.29, 0.717) is 51.5 Å². The summed E-state index contributed by atoms with van der Waals surface area (Å²) in [6.07, 6.45) is 17.9. The van der Waals surface area contributed by atoms with Crippen LogP contribution in [-0.4, -0.2) is 111 Å². The summed E-state index contributed by atoms with van der Waals surface area (Å²) in [6.45, 7) is 13.8. The van der Waals surface area contributed by atoms with E-state index in [-0.39, 0.29) is 55.5 Å². The average Bonchev–Trinajstić information content (AvgIpc) is 3.13. The van der Waals surface area contributed by atoms with Crippen molar-refractivity contribution >= 4 is 23.9 Å². The van der Waals surface area contributed by atoms with Crippen molar-refractivity contribution in [3.05, 3.63) is 0 Å². The fourth-order valence-corrected chi connectivity index (χ4v) is 6.34. The predicted molar refractivity (Wildman–Crippen MR) is 209 cm³/mol. The number of hydrogen-bond donors (Lipinski definition) is 1. The van der Waals surface area contributed by atoms with Crippen LogP contribution in [0, 0.1) is 11.8 Å². The lowest BCUT2D eigenvalue weighted by Crippen LogP contribution is -2.45. The first-order valence-corrected chi connectivity index (χ1v) is 21.5. The van der Waals surface area contributed by atoms with Crippen molar-refractivity contribution in [2.75, 3.05) is 65.8 Å². The zero-order chi connectivity index (χ0) is 38.9. The molecule has 0 aromatic heterocycles. The lowest BCUT2D eigenvalue weighted by molar-refractivity contribution is -0.151. The summed E-state index contributed by atoms with van der Waals surface area (Å²) in [5, 5.41) is 9.83. The molecule has 1 aliphatic carbocycles. The van der Waals surface area contributed by atoms with Crippen LogP contribution in [0.3, 0.4) is 0 Å². The van der Waals surface area contributed by atoms with Crippen LogP contribution in [0.25, 0.3) is 0 Å². The molecule has 1 aliphatic rings. The van der Waals surface area contributed by atoms with Crippen molar-refractivity contribution in [3.8, 4) is 0 Å². The van der Waals surface area contributed by atoms with Gasteiger partial charge in [0.05, 0.1) is 33.0 Å². The van der Waals surface area contributed by atoms with Crippen molar-refractivity contribution in [2.45, 2.75) is 169 Å². The second-order valence-electron chi connectivity index (χ2n) is 15.1. The molecule has 1 saturated carbocycles. The third-order valence-corrected chi connectivity index (χ3v) is 10.2. The van der Waals surface area contributed by atoms with E-state index in [2.05, 4.69) is 23.6 Å². The van der Waals surface area contributed by atoms with Gasteiger partial charge in [-0.3, -0.25) is 29.0 Å². The number of hydrogen-bond acceptors (Lipinski definition) is 11. The Morgan fingerprint density at radius 1 is 0.528 bits per heavy atom. The highest BCUT2D eigenvalue weighted by molar-refractivity contribution is 5.70. The molecule has 53 heavy (non-hydrogen) atoms. The number of rotatable bonds is 36. The minimum Gasteiger partial charge on any atom is -0.465 e. The van der Waals surface area contributed by atoms with Crippen LogP contribution in [0.15, 0.2) is 0 Å². The van der Waals surface area contributed by atoms with E-state index in [1.54, 1.807) is 0 Å². The van der Waals surface area contributed by atoms with Crippen molar-refractivity contribution in [2.24, 2.45) is 11.8 Å². The second-order valence-corrected chi connectivity index (χ2v) is 15.1. The number of carbonyl (C=O) groups is 4. The maximum Gasteiger partial charge on any atom is 0.305 e. The maximum atomic E-state index is 12.2. The van der Waals surface area contributed by atoms with Crippen LogP contribution < -0.4 is 0 Å².